The van der Waals surface area contributed by atoms with Crippen LogP contribution in [0.5, 0.6) is 0 Å². The van der Waals surface area contributed by atoms with Gasteiger partial charge in [-0.3, -0.25) is 19.8 Å². The maximum atomic E-state index is 13.1. The number of rotatable bonds is 2. The molecule has 0 radical (unpaired) electrons. The standard InChI is InChI=1S/C18H13N3O2S2/c22-15-9-10-18(21(15)12-6-2-4-8-14(12)25-18)16(23)20-17-19-11-5-1-3-7-13(11)24-17/h1-8H,9-10H2,(H,19,20,23). The number of aromatic nitrogens is 1. The van der Waals surface area contributed by atoms with E-state index in [-0.39, 0.29) is 11.8 Å². The van der Waals surface area contributed by atoms with Crippen molar-refractivity contribution in [1.29, 1.82) is 0 Å². The van der Waals surface area contributed by atoms with Crippen molar-refractivity contribution in [3.8, 4) is 0 Å². The lowest BCUT2D eigenvalue weighted by Crippen LogP contribution is -2.49. The second-order valence-corrected chi connectivity index (χ2v) is 8.37. The Hall–Kier alpha value is -2.38. The summed E-state index contributed by atoms with van der Waals surface area (Å²) >= 11 is 2.91. The highest BCUT2D eigenvalue weighted by atomic mass is 32.2. The maximum Gasteiger partial charge on any atom is 0.263 e. The number of amides is 2. The molecule has 2 amide bonds. The zero-order valence-corrected chi connectivity index (χ0v) is 14.7. The van der Waals surface area contributed by atoms with Crippen molar-refractivity contribution < 1.29 is 9.59 Å². The van der Waals surface area contributed by atoms with Crippen LogP contribution in [0.15, 0.2) is 53.4 Å². The van der Waals surface area contributed by atoms with Crippen molar-refractivity contribution in [1.82, 2.24) is 4.98 Å². The number of benzene rings is 2. The molecule has 5 nitrogen and oxygen atoms in total. The van der Waals surface area contributed by atoms with Gasteiger partial charge in [0.25, 0.3) is 5.91 Å². The van der Waals surface area contributed by atoms with Crippen LogP contribution in [0, 0.1) is 0 Å². The smallest absolute Gasteiger partial charge is 0.263 e. The van der Waals surface area contributed by atoms with Crippen LogP contribution in [0.4, 0.5) is 10.8 Å². The summed E-state index contributed by atoms with van der Waals surface area (Å²) in [7, 11) is 0. The van der Waals surface area contributed by atoms with Gasteiger partial charge in [0.1, 0.15) is 0 Å². The molecule has 25 heavy (non-hydrogen) atoms. The predicted octanol–water partition coefficient (Wildman–Crippen LogP) is 3.86. The number of anilines is 2. The zero-order chi connectivity index (χ0) is 17.0. The number of hydrogen-bond donors (Lipinski definition) is 1. The molecule has 3 heterocycles. The largest absolute Gasteiger partial charge is 0.299 e. The van der Waals surface area contributed by atoms with E-state index in [2.05, 4.69) is 10.3 Å². The lowest BCUT2D eigenvalue weighted by Gasteiger charge is -2.29. The van der Waals surface area contributed by atoms with Crippen LogP contribution in [0.2, 0.25) is 0 Å². The molecule has 1 atom stereocenters. The van der Waals surface area contributed by atoms with E-state index in [9.17, 15) is 9.59 Å². The number of hydrogen-bond acceptors (Lipinski definition) is 5. The van der Waals surface area contributed by atoms with Crippen LogP contribution < -0.4 is 10.2 Å². The third kappa shape index (κ3) is 2.12. The molecule has 1 saturated heterocycles. The molecule has 0 saturated carbocycles. The van der Waals surface area contributed by atoms with Crippen LogP contribution >= 0.6 is 23.1 Å². The fraction of sp³-hybridized carbons (Fsp3) is 0.167. The van der Waals surface area contributed by atoms with E-state index >= 15 is 0 Å². The van der Waals surface area contributed by atoms with Gasteiger partial charge in [-0.25, -0.2) is 4.98 Å². The minimum atomic E-state index is -0.904. The van der Waals surface area contributed by atoms with Crippen molar-refractivity contribution in [2.24, 2.45) is 0 Å². The van der Waals surface area contributed by atoms with Crippen LogP contribution in [0.1, 0.15) is 12.8 Å². The monoisotopic (exact) mass is 367 g/mol. The third-order valence-corrected chi connectivity index (χ3v) is 6.97. The van der Waals surface area contributed by atoms with E-state index in [1.807, 2.05) is 48.5 Å². The van der Waals surface area contributed by atoms with E-state index < -0.39 is 4.87 Å². The Bertz CT molecular complexity index is 999. The highest BCUT2D eigenvalue weighted by Crippen LogP contribution is 2.56. The van der Waals surface area contributed by atoms with Crippen LogP contribution in [-0.2, 0) is 9.59 Å². The molecule has 3 aromatic rings. The molecule has 0 aliphatic carbocycles. The first kappa shape index (κ1) is 14.9. The van der Waals surface area contributed by atoms with Crippen molar-refractivity contribution in [2.75, 3.05) is 10.2 Å². The molecule has 7 heteroatoms. The summed E-state index contributed by atoms with van der Waals surface area (Å²) in [5.74, 6) is -0.185. The lowest BCUT2D eigenvalue weighted by atomic mass is 10.2. The number of nitrogens with zero attached hydrogens (tertiary/aromatic N) is 2. The normalized spacial score (nSPS) is 21.4. The lowest BCUT2D eigenvalue weighted by molar-refractivity contribution is -0.121. The average Bonchev–Trinajstić information content (AvgIpc) is 3.26. The highest BCUT2D eigenvalue weighted by Gasteiger charge is 2.57. The summed E-state index contributed by atoms with van der Waals surface area (Å²) in [4.78, 5) is 31.8. The number of carbonyl (C=O) groups is 2. The molecule has 1 N–H and O–H groups in total. The first-order valence-corrected chi connectivity index (χ1v) is 9.59. The molecule has 2 aromatic carbocycles. The molecule has 124 valence electrons. The number of para-hydroxylation sites is 2. The van der Waals surface area contributed by atoms with Gasteiger partial charge >= 0.3 is 0 Å². The van der Waals surface area contributed by atoms with Gasteiger partial charge < -0.3 is 0 Å². The first-order valence-electron chi connectivity index (χ1n) is 7.95. The molecular weight excluding hydrogens is 354 g/mol. The SMILES string of the molecule is O=C1CCC2(C(=O)Nc3nc4ccccc4s3)Sc3ccccc3N12. The minimum Gasteiger partial charge on any atom is -0.299 e. The van der Waals surface area contributed by atoms with Gasteiger partial charge in [-0.2, -0.15) is 0 Å². The van der Waals surface area contributed by atoms with E-state index in [0.717, 1.165) is 20.8 Å². The minimum absolute atomic E-state index is 0.00287. The molecule has 5 rings (SSSR count). The highest BCUT2D eigenvalue weighted by molar-refractivity contribution is 8.02. The van der Waals surface area contributed by atoms with Crippen LogP contribution in [-0.4, -0.2) is 21.7 Å². The Morgan fingerprint density at radius 2 is 1.96 bits per heavy atom. The van der Waals surface area contributed by atoms with Gasteiger partial charge in [-0.1, -0.05) is 47.4 Å². The summed E-state index contributed by atoms with van der Waals surface area (Å²) in [6.45, 7) is 0. The number of thiazole rings is 1. The van der Waals surface area contributed by atoms with Gasteiger partial charge in [0, 0.05) is 11.3 Å². The topological polar surface area (TPSA) is 62.3 Å². The van der Waals surface area contributed by atoms with E-state index in [1.165, 1.54) is 23.1 Å². The maximum absolute atomic E-state index is 13.1. The summed E-state index contributed by atoms with van der Waals surface area (Å²) in [5, 5.41) is 3.51. The Kier molecular flexibility index (Phi) is 3.17. The molecule has 2 aliphatic heterocycles. The van der Waals surface area contributed by atoms with Crippen LogP contribution in [0.25, 0.3) is 10.2 Å². The second-order valence-electron chi connectivity index (χ2n) is 6.02. The molecule has 2 aliphatic rings. The molecule has 0 bridgehead atoms. The summed E-state index contributed by atoms with van der Waals surface area (Å²) in [5.41, 5.74) is 1.69. The van der Waals surface area contributed by atoms with Gasteiger partial charge in [0.2, 0.25) is 5.91 Å². The number of carbonyl (C=O) groups excluding carboxylic acids is 2. The average molecular weight is 367 g/mol. The second kappa shape index (κ2) is 5.31. The quantitative estimate of drug-likeness (QED) is 0.747. The van der Waals surface area contributed by atoms with Crippen molar-refractivity contribution >= 4 is 55.9 Å². The number of fused-ring (bicyclic) bond motifs is 4. The molecule has 1 aromatic heterocycles. The molecule has 0 spiro atoms. The molecule has 1 fully saturated rings. The summed E-state index contributed by atoms with van der Waals surface area (Å²) in [6, 6.07) is 15.5. The molecular formula is C18H13N3O2S2. The Morgan fingerprint density at radius 1 is 1.16 bits per heavy atom. The van der Waals surface area contributed by atoms with Gasteiger partial charge in [-0.15, -0.1) is 0 Å². The third-order valence-electron chi connectivity index (χ3n) is 4.54. The Balaban J connectivity index is 1.51. The first-order chi connectivity index (χ1) is 12.2. The number of nitrogens with one attached hydrogen (secondary N) is 1. The van der Waals surface area contributed by atoms with Crippen LogP contribution in [0.3, 0.4) is 0 Å². The number of thioether (sulfide) groups is 1. The van der Waals surface area contributed by atoms with Crippen molar-refractivity contribution in [3.63, 3.8) is 0 Å². The van der Waals surface area contributed by atoms with Gasteiger partial charge in [-0.05, 0) is 30.7 Å². The zero-order valence-electron chi connectivity index (χ0n) is 13.1. The Morgan fingerprint density at radius 3 is 2.84 bits per heavy atom. The molecule has 1 unspecified atom stereocenters. The van der Waals surface area contributed by atoms with Gasteiger partial charge in [0.15, 0.2) is 10.0 Å². The fourth-order valence-corrected chi connectivity index (χ4v) is 5.69. The van der Waals surface area contributed by atoms with E-state index in [0.29, 0.717) is 18.0 Å². The summed E-state index contributed by atoms with van der Waals surface area (Å²) in [6.07, 6.45) is 0.885. The fourth-order valence-electron chi connectivity index (χ4n) is 3.42. The van der Waals surface area contributed by atoms with Crippen molar-refractivity contribution in [3.05, 3.63) is 48.5 Å². The predicted molar refractivity (Wildman–Crippen MR) is 100.0 cm³/mol. The Labute approximate surface area is 152 Å². The summed E-state index contributed by atoms with van der Waals surface area (Å²) < 4.78 is 1.03. The van der Waals surface area contributed by atoms with Crippen molar-refractivity contribution in [2.45, 2.75) is 22.6 Å². The van der Waals surface area contributed by atoms with E-state index in [4.69, 9.17) is 0 Å². The van der Waals surface area contributed by atoms with E-state index in [1.54, 1.807) is 4.90 Å². The van der Waals surface area contributed by atoms with Gasteiger partial charge in [0.05, 0.1) is 15.9 Å².